The lowest BCUT2D eigenvalue weighted by Crippen LogP contribution is -2.48. The fraction of sp³-hybridized carbons (Fsp3) is 0.818. The number of carboxylic acids is 1. The monoisotopic (exact) mass is 228 g/mol. The first-order chi connectivity index (χ1) is 7.70. The van der Waals surface area contributed by atoms with Crippen molar-refractivity contribution in [3.05, 3.63) is 0 Å². The Morgan fingerprint density at radius 3 is 2.94 bits per heavy atom. The number of aliphatic carboxylic acids is 1. The van der Waals surface area contributed by atoms with Gasteiger partial charge in [-0.3, -0.25) is 9.59 Å². The summed E-state index contributed by atoms with van der Waals surface area (Å²) in [5, 5.41) is 14.5. The van der Waals surface area contributed by atoms with Gasteiger partial charge in [-0.2, -0.15) is 0 Å². The molecule has 1 heterocycles. The molecule has 1 amide bonds. The highest BCUT2D eigenvalue weighted by molar-refractivity contribution is 5.82. The Morgan fingerprint density at radius 2 is 2.25 bits per heavy atom. The van der Waals surface area contributed by atoms with Crippen molar-refractivity contribution in [2.45, 2.75) is 44.6 Å². The molecule has 1 fully saturated rings. The van der Waals surface area contributed by atoms with E-state index in [1.165, 1.54) is 0 Å². The summed E-state index contributed by atoms with van der Waals surface area (Å²) in [6.07, 6.45) is 4.71. The lowest BCUT2D eigenvalue weighted by Gasteiger charge is -2.22. The zero-order chi connectivity index (χ0) is 11.8. The first-order valence-corrected chi connectivity index (χ1v) is 5.93. The van der Waals surface area contributed by atoms with Crippen LogP contribution in [-0.4, -0.2) is 36.1 Å². The molecule has 0 aromatic heterocycles. The van der Waals surface area contributed by atoms with E-state index >= 15 is 0 Å². The van der Waals surface area contributed by atoms with Crippen LogP contribution in [0.15, 0.2) is 0 Å². The van der Waals surface area contributed by atoms with E-state index in [1.54, 1.807) is 0 Å². The maximum absolute atomic E-state index is 11.4. The molecule has 0 aromatic rings. The van der Waals surface area contributed by atoms with Crippen LogP contribution < -0.4 is 10.6 Å². The topological polar surface area (TPSA) is 78.4 Å². The summed E-state index contributed by atoms with van der Waals surface area (Å²) in [6.45, 7) is 1.58. The van der Waals surface area contributed by atoms with Crippen molar-refractivity contribution in [1.82, 2.24) is 10.6 Å². The highest BCUT2D eigenvalue weighted by Gasteiger charge is 2.20. The van der Waals surface area contributed by atoms with Crippen LogP contribution in [0.1, 0.15) is 38.5 Å². The summed E-state index contributed by atoms with van der Waals surface area (Å²) in [5.74, 6) is -0.642. The number of nitrogens with one attached hydrogen (secondary N) is 2. The van der Waals surface area contributed by atoms with Gasteiger partial charge in [-0.05, 0) is 32.2 Å². The van der Waals surface area contributed by atoms with Crippen molar-refractivity contribution in [2.75, 3.05) is 13.1 Å². The highest BCUT2D eigenvalue weighted by atomic mass is 16.4. The number of carboxylic acid groups (broad SMARTS) is 1. The number of hydrogen-bond acceptors (Lipinski definition) is 3. The van der Waals surface area contributed by atoms with Crippen LogP contribution in [0.4, 0.5) is 0 Å². The predicted octanol–water partition coefficient (Wildman–Crippen LogP) is 0.500. The van der Waals surface area contributed by atoms with Gasteiger partial charge in [0, 0.05) is 13.0 Å². The predicted molar refractivity (Wildman–Crippen MR) is 60.1 cm³/mol. The van der Waals surface area contributed by atoms with Gasteiger partial charge in [0.2, 0.25) is 5.91 Å². The second-order valence-corrected chi connectivity index (χ2v) is 4.14. The largest absolute Gasteiger partial charge is 0.481 e. The lowest BCUT2D eigenvalue weighted by atomic mass is 10.1. The molecule has 1 aliphatic rings. The number of piperidine rings is 1. The van der Waals surface area contributed by atoms with Crippen molar-refractivity contribution in [3.8, 4) is 0 Å². The fourth-order valence-corrected chi connectivity index (χ4v) is 1.82. The maximum Gasteiger partial charge on any atom is 0.303 e. The minimum atomic E-state index is -0.736. The van der Waals surface area contributed by atoms with E-state index < -0.39 is 5.97 Å². The van der Waals surface area contributed by atoms with E-state index in [9.17, 15) is 9.59 Å². The van der Waals surface area contributed by atoms with Crippen molar-refractivity contribution < 1.29 is 14.7 Å². The number of carbonyl (C=O) groups is 2. The maximum atomic E-state index is 11.4. The molecule has 0 bridgehead atoms. The van der Waals surface area contributed by atoms with Crippen LogP contribution in [0.5, 0.6) is 0 Å². The molecule has 0 aromatic carbocycles. The van der Waals surface area contributed by atoms with Gasteiger partial charge in [-0.1, -0.05) is 6.42 Å². The van der Waals surface area contributed by atoms with Gasteiger partial charge in [-0.15, -0.1) is 0 Å². The van der Waals surface area contributed by atoms with Crippen molar-refractivity contribution in [1.29, 1.82) is 0 Å². The van der Waals surface area contributed by atoms with Gasteiger partial charge in [0.15, 0.2) is 0 Å². The summed E-state index contributed by atoms with van der Waals surface area (Å²) in [7, 11) is 0. The third-order valence-corrected chi connectivity index (χ3v) is 2.74. The molecule has 3 N–H and O–H groups in total. The van der Waals surface area contributed by atoms with E-state index in [0.717, 1.165) is 38.8 Å². The third kappa shape index (κ3) is 5.11. The van der Waals surface area contributed by atoms with Gasteiger partial charge in [-0.25, -0.2) is 0 Å². The molecular weight excluding hydrogens is 208 g/mol. The van der Waals surface area contributed by atoms with Crippen LogP contribution in [0.3, 0.4) is 0 Å². The van der Waals surface area contributed by atoms with E-state index in [-0.39, 0.29) is 18.4 Å². The summed E-state index contributed by atoms with van der Waals surface area (Å²) < 4.78 is 0. The smallest absolute Gasteiger partial charge is 0.303 e. The Hall–Kier alpha value is -1.10. The Morgan fingerprint density at radius 1 is 1.44 bits per heavy atom. The zero-order valence-corrected chi connectivity index (χ0v) is 9.50. The van der Waals surface area contributed by atoms with Gasteiger partial charge < -0.3 is 15.7 Å². The van der Waals surface area contributed by atoms with E-state index in [2.05, 4.69) is 10.6 Å². The number of carbonyl (C=O) groups excluding carboxylic acids is 1. The normalized spacial score (nSPS) is 20.5. The molecule has 5 heteroatoms. The fourth-order valence-electron chi connectivity index (χ4n) is 1.82. The highest BCUT2D eigenvalue weighted by Crippen LogP contribution is 2.04. The SMILES string of the molecule is O=C(O)CCCCCNC1CCCNC1=O. The zero-order valence-electron chi connectivity index (χ0n) is 9.50. The second-order valence-electron chi connectivity index (χ2n) is 4.14. The molecule has 1 unspecified atom stereocenters. The van der Waals surface area contributed by atoms with Crippen molar-refractivity contribution in [2.24, 2.45) is 0 Å². The Labute approximate surface area is 95.6 Å². The number of unbranched alkanes of at least 4 members (excludes halogenated alkanes) is 2. The molecule has 1 aliphatic heterocycles. The molecule has 92 valence electrons. The van der Waals surface area contributed by atoms with Gasteiger partial charge in [0.25, 0.3) is 0 Å². The Kier molecular flexibility index (Phi) is 5.85. The molecule has 5 nitrogen and oxygen atoms in total. The molecule has 0 spiro atoms. The molecule has 1 saturated heterocycles. The Balaban J connectivity index is 1.98. The summed E-state index contributed by atoms with van der Waals surface area (Å²) in [4.78, 5) is 21.6. The number of amides is 1. The van der Waals surface area contributed by atoms with Crippen LogP contribution in [0, 0.1) is 0 Å². The average molecular weight is 228 g/mol. The van der Waals surface area contributed by atoms with Gasteiger partial charge in [0.1, 0.15) is 0 Å². The molecule has 0 aliphatic carbocycles. The number of hydrogen-bond donors (Lipinski definition) is 3. The average Bonchev–Trinajstić information content (AvgIpc) is 2.25. The van der Waals surface area contributed by atoms with Crippen molar-refractivity contribution >= 4 is 11.9 Å². The van der Waals surface area contributed by atoms with E-state index in [1.807, 2.05) is 0 Å². The standard InChI is InChI=1S/C11H20N2O3/c14-10(15)6-2-1-3-7-12-9-5-4-8-13-11(9)16/h9,12H,1-8H2,(H,13,16)(H,14,15). The number of rotatable bonds is 7. The van der Waals surface area contributed by atoms with Gasteiger partial charge in [0.05, 0.1) is 6.04 Å². The summed E-state index contributed by atoms with van der Waals surface area (Å²) in [6, 6.07) is -0.0479. The van der Waals surface area contributed by atoms with Crippen LogP contribution in [-0.2, 0) is 9.59 Å². The summed E-state index contributed by atoms with van der Waals surface area (Å²) in [5.41, 5.74) is 0. The van der Waals surface area contributed by atoms with Gasteiger partial charge >= 0.3 is 5.97 Å². The van der Waals surface area contributed by atoms with Crippen LogP contribution in [0.2, 0.25) is 0 Å². The minimum Gasteiger partial charge on any atom is -0.481 e. The summed E-state index contributed by atoms with van der Waals surface area (Å²) >= 11 is 0. The first kappa shape index (κ1) is 13.0. The molecule has 1 rings (SSSR count). The molecule has 0 radical (unpaired) electrons. The van der Waals surface area contributed by atoms with Crippen LogP contribution in [0.25, 0.3) is 0 Å². The molecule has 1 atom stereocenters. The molecular formula is C11H20N2O3. The van der Waals surface area contributed by atoms with E-state index in [4.69, 9.17) is 5.11 Å². The first-order valence-electron chi connectivity index (χ1n) is 5.93. The minimum absolute atomic E-state index is 0.0479. The third-order valence-electron chi connectivity index (χ3n) is 2.74. The molecule has 0 saturated carbocycles. The quantitative estimate of drug-likeness (QED) is 0.554. The van der Waals surface area contributed by atoms with E-state index in [0.29, 0.717) is 6.42 Å². The van der Waals surface area contributed by atoms with Crippen molar-refractivity contribution in [3.63, 3.8) is 0 Å². The lowest BCUT2D eigenvalue weighted by molar-refractivity contribution is -0.137. The van der Waals surface area contributed by atoms with Crippen LogP contribution >= 0.6 is 0 Å². The second kappa shape index (κ2) is 7.22. The Bertz CT molecular complexity index is 243. The molecule has 16 heavy (non-hydrogen) atoms.